The van der Waals surface area contributed by atoms with Gasteiger partial charge in [0.1, 0.15) is 18.5 Å². The second kappa shape index (κ2) is 5.57. The first-order valence-corrected chi connectivity index (χ1v) is 5.87. The van der Waals surface area contributed by atoms with E-state index in [1.807, 2.05) is 16.8 Å². The summed E-state index contributed by atoms with van der Waals surface area (Å²) in [5.41, 5.74) is 1.16. The molecular formula is C13H16FN3. The molecule has 1 aromatic carbocycles. The molecule has 0 aliphatic rings. The Kier molecular flexibility index (Phi) is 3.85. The Morgan fingerprint density at radius 1 is 1.29 bits per heavy atom. The summed E-state index contributed by atoms with van der Waals surface area (Å²) in [6.07, 6.45) is 5.40. The Labute approximate surface area is 100 Å². The van der Waals surface area contributed by atoms with Crippen LogP contribution in [0.15, 0.2) is 36.9 Å². The summed E-state index contributed by atoms with van der Waals surface area (Å²) in [4.78, 5) is 3.93. The smallest absolute Gasteiger partial charge is 0.137 e. The number of nitrogens with zero attached hydrogens (tertiary/aromatic N) is 3. The summed E-state index contributed by atoms with van der Waals surface area (Å²) in [7, 11) is 0. The van der Waals surface area contributed by atoms with Crippen LogP contribution in [0, 0.1) is 5.82 Å². The Balaban J connectivity index is 2.13. The maximum absolute atomic E-state index is 12.9. The van der Waals surface area contributed by atoms with Crippen LogP contribution in [0.2, 0.25) is 0 Å². The van der Waals surface area contributed by atoms with E-state index in [4.69, 9.17) is 0 Å². The first-order valence-electron chi connectivity index (χ1n) is 5.87. The summed E-state index contributed by atoms with van der Waals surface area (Å²) < 4.78 is 14.7. The molecule has 0 aliphatic carbocycles. The molecule has 1 aromatic heterocycles. The molecule has 0 amide bonds. The number of hydrogen-bond acceptors (Lipinski definition) is 2. The topological polar surface area (TPSA) is 30.7 Å². The lowest BCUT2D eigenvalue weighted by Crippen LogP contribution is -2.09. The molecule has 1 heterocycles. The van der Waals surface area contributed by atoms with Crippen molar-refractivity contribution in [1.29, 1.82) is 0 Å². The van der Waals surface area contributed by atoms with Crippen molar-refractivity contribution in [3.8, 4) is 0 Å². The molecule has 0 radical (unpaired) electrons. The van der Waals surface area contributed by atoms with Crippen molar-refractivity contribution < 1.29 is 4.39 Å². The normalized spacial score (nSPS) is 12.6. The van der Waals surface area contributed by atoms with Crippen LogP contribution in [0.25, 0.3) is 0 Å². The van der Waals surface area contributed by atoms with E-state index in [0.29, 0.717) is 5.92 Å². The van der Waals surface area contributed by atoms with E-state index in [9.17, 15) is 4.39 Å². The second-order valence-electron chi connectivity index (χ2n) is 4.15. The van der Waals surface area contributed by atoms with Crippen LogP contribution in [0.3, 0.4) is 0 Å². The van der Waals surface area contributed by atoms with Gasteiger partial charge in [-0.15, -0.1) is 0 Å². The molecule has 0 saturated carbocycles. The average molecular weight is 233 g/mol. The molecule has 2 aromatic rings. The van der Waals surface area contributed by atoms with Crippen molar-refractivity contribution in [2.24, 2.45) is 0 Å². The van der Waals surface area contributed by atoms with E-state index in [-0.39, 0.29) is 5.82 Å². The zero-order chi connectivity index (χ0) is 12.1. The summed E-state index contributed by atoms with van der Waals surface area (Å²) in [6.45, 7) is 2.94. The Bertz CT molecular complexity index is 436. The minimum absolute atomic E-state index is 0.190. The molecule has 1 unspecified atom stereocenters. The molecule has 1 atom stereocenters. The van der Waals surface area contributed by atoms with Gasteiger partial charge in [0, 0.05) is 12.5 Å². The van der Waals surface area contributed by atoms with Gasteiger partial charge >= 0.3 is 0 Å². The van der Waals surface area contributed by atoms with E-state index >= 15 is 0 Å². The molecule has 2 rings (SSSR count). The van der Waals surface area contributed by atoms with Crippen LogP contribution >= 0.6 is 0 Å². The van der Waals surface area contributed by atoms with Crippen molar-refractivity contribution in [3.05, 3.63) is 48.3 Å². The predicted molar refractivity (Wildman–Crippen MR) is 64.1 cm³/mol. The Hall–Kier alpha value is -1.71. The minimum Gasteiger partial charge on any atom is -0.252 e. The standard InChI is InChI=1S/C13H16FN3/c1-2-3-12(8-17-10-15-9-16-17)11-4-6-13(14)7-5-11/h4-7,9-10,12H,2-3,8H2,1H3. The van der Waals surface area contributed by atoms with Gasteiger partial charge in [0.2, 0.25) is 0 Å². The third-order valence-corrected chi connectivity index (χ3v) is 2.85. The quantitative estimate of drug-likeness (QED) is 0.794. The minimum atomic E-state index is -0.190. The zero-order valence-corrected chi connectivity index (χ0v) is 9.88. The zero-order valence-electron chi connectivity index (χ0n) is 9.88. The lowest BCUT2D eigenvalue weighted by atomic mass is 9.94. The lowest BCUT2D eigenvalue weighted by molar-refractivity contribution is 0.483. The maximum atomic E-state index is 12.9. The van der Waals surface area contributed by atoms with Crippen LogP contribution in [0.1, 0.15) is 31.2 Å². The van der Waals surface area contributed by atoms with E-state index in [1.54, 1.807) is 6.33 Å². The van der Waals surface area contributed by atoms with Crippen molar-refractivity contribution in [3.63, 3.8) is 0 Å². The summed E-state index contributed by atoms with van der Waals surface area (Å²) in [5, 5.41) is 4.11. The third-order valence-electron chi connectivity index (χ3n) is 2.85. The first kappa shape index (κ1) is 11.8. The van der Waals surface area contributed by atoms with Gasteiger partial charge in [0.05, 0.1) is 0 Å². The molecule has 0 bridgehead atoms. The van der Waals surface area contributed by atoms with Gasteiger partial charge in [-0.2, -0.15) is 5.10 Å². The fourth-order valence-corrected chi connectivity index (χ4v) is 2.00. The highest BCUT2D eigenvalue weighted by molar-refractivity contribution is 5.20. The van der Waals surface area contributed by atoms with Gasteiger partial charge in [-0.1, -0.05) is 25.5 Å². The van der Waals surface area contributed by atoms with Crippen LogP contribution in [-0.4, -0.2) is 14.8 Å². The lowest BCUT2D eigenvalue weighted by Gasteiger charge is -2.16. The highest BCUT2D eigenvalue weighted by atomic mass is 19.1. The molecule has 0 fully saturated rings. The van der Waals surface area contributed by atoms with Crippen LogP contribution in [0.4, 0.5) is 4.39 Å². The van der Waals surface area contributed by atoms with Gasteiger partial charge in [-0.3, -0.25) is 4.68 Å². The SMILES string of the molecule is CCCC(Cn1cncn1)c1ccc(F)cc1. The second-order valence-corrected chi connectivity index (χ2v) is 4.15. The number of aromatic nitrogens is 3. The number of hydrogen-bond donors (Lipinski definition) is 0. The van der Waals surface area contributed by atoms with Gasteiger partial charge in [0.25, 0.3) is 0 Å². The molecule has 4 heteroatoms. The van der Waals surface area contributed by atoms with Gasteiger partial charge in [0.15, 0.2) is 0 Å². The van der Waals surface area contributed by atoms with Crippen LogP contribution < -0.4 is 0 Å². The maximum Gasteiger partial charge on any atom is 0.137 e. The summed E-state index contributed by atoms with van der Waals surface area (Å²) in [6, 6.07) is 6.73. The average Bonchev–Trinajstić information content (AvgIpc) is 2.82. The Morgan fingerprint density at radius 2 is 2.06 bits per heavy atom. The monoisotopic (exact) mass is 233 g/mol. The highest BCUT2D eigenvalue weighted by Crippen LogP contribution is 2.23. The molecule has 0 saturated heterocycles. The molecule has 0 N–H and O–H groups in total. The molecule has 90 valence electrons. The Morgan fingerprint density at radius 3 is 2.65 bits per heavy atom. The number of rotatable bonds is 5. The van der Waals surface area contributed by atoms with Crippen LogP contribution in [0.5, 0.6) is 0 Å². The third kappa shape index (κ3) is 3.12. The largest absolute Gasteiger partial charge is 0.252 e. The van der Waals surface area contributed by atoms with Crippen molar-refractivity contribution in [2.75, 3.05) is 0 Å². The molecular weight excluding hydrogens is 217 g/mol. The molecule has 17 heavy (non-hydrogen) atoms. The fourth-order valence-electron chi connectivity index (χ4n) is 2.00. The van der Waals surface area contributed by atoms with E-state index in [2.05, 4.69) is 17.0 Å². The first-order chi connectivity index (χ1) is 8.29. The fraction of sp³-hybridized carbons (Fsp3) is 0.385. The van der Waals surface area contributed by atoms with E-state index in [1.165, 1.54) is 18.5 Å². The summed E-state index contributed by atoms with van der Waals surface area (Å²) in [5.74, 6) is 0.173. The van der Waals surface area contributed by atoms with Crippen molar-refractivity contribution in [1.82, 2.24) is 14.8 Å². The molecule has 0 spiro atoms. The van der Waals surface area contributed by atoms with Crippen molar-refractivity contribution >= 4 is 0 Å². The molecule has 0 aliphatic heterocycles. The van der Waals surface area contributed by atoms with Crippen LogP contribution in [-0.2, 0) is 6.54 Å². The van der Waals surface area contributed by atoms with Crippen molar-refractivity contribution in [2.45, 2.75) is 32.2 Å². The van der Waals surface area contributed by atoms with Gasteiger partial charge < -0.3 is 0 Å². The van der Waals surface area contributed by atoms with E-state index in [0.717, 1.165) is 24.9 Å². The number of benzene rings is 1. The van der Waals surface area contributed by atoms with Gasteiger partial charge in [-0.05, 0) is 24.1 Å². The highest BCUT2D eigenvalue weighted by Gasteiger charge is 2.11. The van der Waals surface area contributed by atoms with E-state index < -0.39 is 0 Å². The molecule has 3 nitrogen and oxygen atoms in total. The van der Waals surface area contributed by atoms with Gasteiger partial charge in [-0.25, -0.2) is 9.37 Å². The predicted octanol–water partition coefficient (Wildman–Crippen LogP) is 3.00. The number of halogens is 1. The summed E-state index contributed by atoms with van der Waals surface area (Å²) >= 11 is 0.